The smallest absolute Gasteiger partial charge is 0.221 e. The molecular weight excluding hydrogens is 292 g/mol. The fourth-order valence-corrected chi connectivity index (χ4v) is 5.25. The zero-order valence-corrected chi connectivity index (χ0v) is 13.9. The molecule has 5 heteroatoms. The molecule has 0 aromatic carbocycles. The van der Waals surface area contributed by atoms with Gasteiger partial charge in [-0.05, 0) is 43.9 Å². The van der Waals surface area contributed by atoms with E-state index in [4.69, 9.17) is 0 Å². The van der Waals surface area contributed by atoms with Gasteiger partial charge in [0.2, 0.25) is 5.91 Å². The maximum Gasteiger partial charge on any atom is 0.221 e. The van der Waals surface area contributed by atoms with Gasteiger partial charge in [0.05, 0.1) is 0 Å². The minimum absolute atomic E-state index is 0. The molecule has 0 aromatic rings. The Morgan fingerprint density at radius 1 is 1.40 bits per heavy atom. The van der Waals surface area contributed by atoms with Crippen molar-refractivity contribution in [2.45, 2.75) is 51.1 Å². The van der Waals surface area contributed by atoms with Gasteiger partial charge >= 0.3 is 0 Å². The fourth-order valence-electron chi connectivity index (χ4n) is 4.30. The molecule has 2 bridgehead atoms. The van der Waals surface area contributed by atoms with Crippen LogP contribution < -0.4 is 10.6 Å². The Kier molecular flexibility index (Phi) is 6.06. The molecule has 1 amide bonds. The second-order valence-corrected chi connectivity index (χ2v) is 7.77. The Balaban J connectivity index is 0.00000147. The third kappa shape index (κ3) is 3.83. The van der Waals surface area contributed by atoms with Crippen LogP contribution in [0.5, 0.6) is 0 Å². The van der Waals surface area contributed by atoms with Gasteiger partial charge in [-0.2, -0.15) is 11.8 Å². The molecule has 2 N–H and O–H groups in total. The molecule has 20 heavy (non-hydrogen) atoms. The minimum atomic E-state index is 0. The van der Waals surface area contributed by atoms with Crippen LogP contribution in [0, 0.1) is 17.8 Å². The summed E-state index contributed by atoms with van der Waals surface area (Å²) in [6.45, 7) is 3.26. The van der Waals surface area contributed by atoms with Gasteiger partial charge in [0.25, 0.3) is 0 Å². The third-order valence-electron chi connectivity index (χ3n) is 5.25. The lowest BCUT2D eigenvalue weighted by Gasteiger charge is -2.29. The number of halogens is 1. The highest BCUT2D eigenvalue weighted by atomic mass is 35.5. The molecule has 0 aromatic heterocycles. The summed E-state index contributed by atoms with van der Waals surface area (Å²) in [6, 6.07) is 0.755. The van der Waals surface area contributed by atoms with Crippen LogP contribution >= 0.6 is 24.2 Å². The van der Waals surface area contributed by atoms with Gasteiger partial charge < -0.3 is 10.6 Å². The second kappa shape index (κ2) is 7.37. The van der Waals surface area contributed by atoms with Crippen molar-refractivity contribution in [3.8, 4) is 0 Å². The summed E-state index contributed by atoms with van der Waals surface area (Å²) >= 11 is 1.96. The lowest BCUT2D eigenvalue weighted by Crippen LogP contribution is -2.45. The summed E-state index contributed by atoms with van der Waals surface area (Å²) in [7, 11) is 0. The highest BCUT2D eigenvalue weighted by Gasteiger charge is 2.42. The molecule has 3 fully saturated rings. The molecule has 5 unspecified atom stereocenters. The first-order chi connectivity index (χ1) is 9.22. The first-order valence-corrected chi connectivity index (χ1v) is 8.98. The van der Waals surface area contributed by atoms with Crippen molar-refractivity contribution in [2.24, 2.45) is 17.8 Å². The number of thioether (sulfide) groups is 1. The number of amides is 1. The molecule has 2 saturated carbocycles. The predicted octanol–water partition coefficient (Wildman–Crippen LogP) is 2.44. The molecule has 5 atom stereocenters. The van der Waals surface area contributed by atoms with Crippen LogP contribution in [0.15, 0.2) is 0 Å². The zero-order valence-electron chi connectivity index (χ0n) is 12.3. The SMILES string of the molecule is CC(NC(=O)CC1CSCCN1)C1CC2CCC1C2.Cl. The second-order valence-electron chi connectivity index (χ2n) is 6.62. The minimum Gasteiger partial charge on any atom is -0.353 e. The molecule has 3 aliphatic rings. The van der Waals surface area contributed by atoms with E-state index in [9.17, 15) is 4.79 Å². The lowest BCUT2D eigenvalue weighted by atomic mass is 9.84. The van der Waals surface area contributed by atoms with Crippen LogP contribution in [0.3, 0.4) is 0 Å². The Morgan fingerprint density at radius 2 is 2.25 bits per heavy atom. The van der Waals surface area contributed by atoms with E-state index in [1.807, 2.05) is 11.8 Å². The van der Waals surface area contributed by atoms with Crippen LogP contribution in [-0.2, 0) is 4.79 Å². The van der Waals surface area contributed by atoms with Crippen LogP contribution in [-0.4, -0.2) is 36.0 Å². The van der Waals surface area contributed by atoms with Crippen molar-refractivity contribution >= 4 is 30.1 Å². The molecule has 1 heterocycles. The highest BCUT2D eigenvalue weighted by Crippen LogP contribution is 2.49. The average Bonchev–Trinajstić information content (AvgIpc) is 3.02. The van der Waals surface area contributed by atoms with E-state index in [-0.39, 0.29) is 18.3 Å². The Morgan fingerprint density at radius 3 is 2.85 bits per heavy atom. The number of carbonyl (C=O) groups is 1. The Hall–Kier alpha value is 0.0700. The fraction of sp³-hybridized carbons (Fsp3) is 0.933. The summed E-state index contributed by atoms with van der Waals surface area (Å²) in [5.41, 5.74) is 0. The van der Waals surface area contributed by atoms with E-state index in [0.29, 0.717) is 18.5 Å². The van der Waals surface area contributed by atoms with Gasteiger partial charge in [-0.25, -0.2) is 0 Å². The molecule has 3 nitrogen and oxygen atoms in total. The molecular formula is C15H27ClN2OS. The van der Waals surface area contributed by atoms with E-state index >= 15 is 0 Å². The van der Waals surface area contributed by atoms with E-state index in [0.717, 1.165) is 30.1 Å². The molecule has 1 saturated heterocycles. The van der Waals surface area contributed by atoms with Crippen molar-refractivity contribution in [3.63, 3.8) is 0 Å². The van der Waals surface area contributed by atoms with Crippen molar-refractivity contribution < 1.29 is 4.79 Å². The van der Waals surface area contributed by atoms with E-state index in [1.54, 1.807) is 0 Å². The maximum atomic E-state index is 12.1. The van der Waals surface area contributed by atoms with Crippen LogP contribution in [0.1, 0.15) is 39.0 Å². The Labute approximate surface area is 132 Å². The third-order valence-corrected chi connectivity index (χ3v) is 6.38. The van der Waals surface area contributed by atoms with Gasteiger partial charge in [-0.1, -0.05) is 6.42 Å². The first kappa shape index (κ1) is 16.4. The van der Waals surface area contributed by atoms with Crippen LogP contribution in [0.25, 0.3) is 0 Å². The van der Waals surface area contributed by atoms with Gasteiger partial charge in [0.1, 0.15) is 0 Å². The standard InChI is InChI=1S/C15H26N2OS.ClH/c1-10(14-7-11-2-3-12(14)6-11)17-15(18)8-13-9-19-5-4-16-13;/h10-14,16H,2-9H2,1H3,(H,17,18);1H. The van der Waals surface area contributed by atoms with Crippen LogP contribution in [0.2, 0.25) is 0 Å². The topological polar surface area (TPSA) is 41.1 Å². The first-order valence-electron chi connectivity index (χ1n) is 7.83. The van der Waals surface area contributed by atoms with Crippen molar-refractivity contribution in [2.75, 3.05) is 18.1 Å². The monoisotopic (exact) mass is 318 g/mol. The number of hydrogen-bond acceptors (Lipinski definition) is 3. The van der Waals surface area contributed by atoms with Gasteiger partial charge in [0, 0.05) is 36.6 Å². The van der Waals surface area contributed by atoms with Crippen molar-refractivity contribution in [1.29, 1.82) is 0 Å². The van der Waals surface area contributed by atoms with Gasteiger partial charge in [0.15, 0.2) is 0 Å². The summed E-state index contributed by atoms with van der Waals surface area (Å²) in [5, 5.41) is 6.70. The normalized spacial score (nSPS) is 37.2. The maximum absolute atomic E-state index is 12.1. The summed E-state index contributed by atoms with van der Waals surface area (Å²) in [5.74, 6) is 5.11. The van der Waals surface area contributed by atoms with E-state index in [1.165, 1.54) is 31.4 Å². The molecule has 1 aliphatic heterocycles. The molecule has 2 aliphatic carbocycles. The lowest BCUT2D eigenvalue weighted by molar-refractivity contribution is -0.122. The molecule has 116 valence electrons. The Bertz CT molecular complexity index is 336. The number of fused-ring (bicyclic) bond motifs is 2. The number of hydrogen-bond donors (Lipinski definition) is 2. The molecule has 0 spiro atoms. The molecule has 0 radical (unpaired) electrons. The summed E-state index contributed by atoms with van der Waals surface area (Å²) < 4.78 is 0. The van der Waals surface area contributed by atoms with Gasteiger partial charge in [-0.3, -0.25) is 4.79 Å². The highest BCUT2D eigenvalue weighted by molar-refractivity contribution is 7.99. The molecule has 3 rings (SSSR count). The van der Waals surface area contributed by atoms with E-state index < -0.39 is 0 Å². The number of rotatable bonds is 4. The number of nitrogens with one attached hydrogen (secondary N) is 2. The number of carbonyl (C=O) groups excluding carboxylic acids is 1. The summed E-state index contributed by atoms with van der Waals surface area (Å²) in [6.07, 6.45) is 6.26. The summed E-state index contributed by atoms with van der Waals surface area (Å²) in [4.78, 5) is 12.1. The average molecular weight is 319 g/mol. The van der Waals surface area contributed by atoms with Crippen molar-refractivity contribution in [1.82, 2.24) is 10.6 Å². The zero-order chi connectivity index (χ0) is 13.2. The van der Waals surface area contributed by atoms with Gasteiger partial charge in [-0.15, -0.1) is 12.4 Å². The van der Waals surface area contributed by atoms with Crippen LogP contribution in [0.4, 0.5) is 0 Å². The van der Waals surface area contributed by atoms with E-state index in [2.05, 4.69) is 17.6 Å². The van der Waals surface area contributed by atoms with Crippen molar-refractivity contribution in [3.05, 3.63) is 0 Å². The quantitative estimate of drug-likeness (QED) is 0.836. The predicted molar refractivity (Wildman–Crippen MR) is 87.5 cm³/mol. The largest absolute Gasteiger partial charge is 0.353 e.